The molecular formula is C16H24N4. The fourth-order valence-electron chi connectivity index (χ4n) is 3.11. The number of piperidine rings is 1. The number of pyridine rings is 1. The first-order valence-electron chi connectivity index (χ1n) is 7.79. The highest BCUT2D eigenvalue weighted by atomic mass is 15.2. The van der Waals surface area contributed by atoms with E-state index < -0.39 is 0 Å². The van der Waals surface area contributed by atoms with E-state index in [1.165, 1.54) is 31.6 Å². The fraction of sp³-hybridized carbons (Fsp3) is 0.562. The molecule has 3 rings (SSSR count). The summed E-state index contributed by atoms with van der Waals surface area (Å²) in [5, 5.41) is 3.65. The van der Waals surface area contributed by atoms with Crippen molar-refractivity contribution < 1.29 is 0 Å². The van der Waals surface area contributed by atoms with Gasteiger partial charge in [0.15, 0.2) is 0 Å². The van der Waals surface area contributed by atoms with Gasteiger partial charge in [0.1, 0.15) is 11.5 Å². The number of hydrogen-bond donors (Lipinski definition) is 1. The van der Waals surface area contributed by atoms with Gasteiger partial charge < -0.3 is 10.2 Å². The lowest BCUT2D eigenvalue weighted by atomic mass is 10.0. The lowest BCUT2D eigenvalue weighted by Gasteiger charge is -2.32. The second kappa shape index (κ2) is 6.27. The van der Waals surface area contributed by atoms with Crippen LogP contribution in [-0.2, 0) is 0 Å². The van der Waals surface area contributed by atoms with Crippen LogP contribution in [0.4, 0.5) is 5.82 Å². The molecule has 0 aromatic carbocycles. The van der Waals surface area contributed by atoms with Gasteiger partial charge in [-0.05, 0) is 37.9 Å². The van der Waals surface area contributed by atoms with Crippen LogP contribution in [0.3, 0.4) is 0 Å². The third-order valence-corrected chi connectivity index (χ3v) is 4.08. The number of anilines is 1. The summed E-state index contributed by atoms with van der Waals surface area (Å²) in [5.74, 6) is 1.26. The molecule has 0 bridgehead atoms. The highest BCUT2D eigenvalue weighted by molar-refractivity contribution is 5.51. The van der Waals surface area contributed by atoms with Gasteiger partial charge in [0, 0.05) is 31.5 Å². The first kappa shape index (κ1) is 13.4. The maximum absolute atomic E-state index is 4.39. The average Bonchev–Trinajstić information content (AvgIpc) is 2.96. The Morgan fingerprint density at radius 3 is 3.15 bits per heavy atom. The Bertz CT molecular complexity index is 542. The Hall–Kier alpha value is -1.55. The minimum absolute atomic E-state index is 0.620. The first-order chi connectivity index (χ1) is 9.88. The minimum Gasteiger partial charge on any atom is -0.356 e. The normalized spacial score (nSPS) is 19.4. The van der Waals surface area contributed by atoms with Crippen LogP contribution in [0, 0.1) is 0 Å². The molecule has 1 unspecified atom stereocenters. The number of aromatic nitrogens is 2. The predicted molar refractivity (Wildman–Crippen MR) is 83.3 cm³/mol. The Morgan fingerprint density at radius 1 is 1.40 bits per heavy atom. The van der Waals surface area contributed by atoms with Crippen molar-refractivity contribution in [2.24, 2.45) is 0 Å². The summed E-state index contributed by atoms with van der Waals surface area (Å²) in [7, 11) is 0. The molecule has 0 amide bonds. The molecule has 108 valence electrons. The molecule has 2 aromatic heterocycles. The van der Waals surface area contributed by atoms with E-state index in [0.29, 0.717) is 6.04 Å². The maximum Gasteiger partial charge on any atom is 0.138 e. The molecule has 1 aliphatic heterocycles. The van der Waals surface area contributed by atoms with Crippen molar-refractivity contribution in [2.75, 3.05) is 24.5 Å². The first-order valence-corrected chi connectivity index (χ1v) is 7.79. The zero-order chi connectivity index (χ0) is 13.8. The molecule has 0 radical (unpaired) electrons. The van der Waals surface area contributed by atoms with Gasteiger partial charge in [-0.1, -0.05) is 19.4 Å². The minimum atomic E-state index is 0.620. The van der Waals surface area contributed by atoms with E-state index in [2.05, 4.69) is 50.9 Å². The lowest BCUT2D eigenvalue weighted by Crippen LogP contribution is -2.44. The van der Waals surface area contributed by atoms with Gasteiger partial charge in [0.2, 0.25) is 0 Å². The van der Waals surface area contributed by atoms with Crippen molar-refractivity contribution >= 4 is 11.5 Å². The van der Waals surface area contributed by atoms with Crippen molar-refractivity contribution in [3.05, 3.63) is 30.6 Å². The number of fused-ring (bicyclic) bond motifs is 1. The molecule has 4 nitrogen and oxygen atoms in total. The van der Waals surface area contributed by atoms with E-state index in [9.17, 15) is 0 Å². The van der Waals surface area contributed by atoms with Gasteiger partial charge in [-0.15, -0.1) is 0 Å². The summed E-state index contributed by atoms with van der Waals surface area (Å²) in [6.45, 7) is 5.59. The Morgan fingerprint density at radius 2 is 2.35 bits per heavy atom. The van der Waals surface area contributed by atoms with Crippen molar-refractivity contribution in [3.8, 4) is 0 Å². The number of nitrogens with zero attached hydrogens (tertiary/aromatic N) is 3. The van der Waals surface area contributed by atoms with Gasteiger partial charge in [-0.3, -0.25) is 4.40 Å². The largest absolute Gasteiger partial charge is 0.356 e. The molecule has 20 heavy (non-hydrogen) atoms. The summed E-state index contributed by atoms with van der Waals surface area (Å²) in [5.41, 5.74) is 1.03. The highest BCUT2D eigenvalue weighted by Gasteiger charge is 2.18. The average molecular weight is 272 g/mol. The summed E-state index contributed by atoms with van der Waals surface area (Å²) in [6, 6.07) is 6.99. The van der Waals surface area contributed by atoms with E-state index >= 15 is 0 Å². The molecule has 4 heteroatoms. The standard InChI is InChI=1S/C16H24N4/c1-2-11-19(13-14-6-3-4-9-17-14)16-8-5-7-15-18-10-12-20(15)16/h5,7-8,10,12,14,17H,2-4,6,9,11,13H2,1H3. The number of nitrogens with one attached hydrogen (secondary N) is 1. The number of imidazole rings is 1. The van der Waals surface area contributed by atoms with Crippen molar-refractivity contribution in [1.82, 2.24) is 14.7 Å². The highest BCUT2D eigenvalue weighted by Crippen LogP contribution is 2.19. The monoisotopic (exact) mass is 272 g/mol. The zero-order valence-corrected chi connectivity index (χ0v) is 12.3. The Labute approximate surface area is 120 Å². The number of hydrogen-bond acceptors (Lipinski definition) is 3. The summed E-state index contributed by atoms with van der Waals surface area (Å²) < 4.78 is 2.19. The quantitative estimate of drug-likeness (QED) is 0.908. The third kappa shape index (κ3) is 2.80. The second-order valence-electron chi connectivity index (χ2n) is 5.63. The SMILES string of the molecule is CCCN(CC1CCCCN1)c1cccc2nccn12. The van der Waals surface area contributed by atoms with E-state index in [-0.39, 0.29) is 0 Å². The van der Waals surface area contributed by atoms with Crippen LogP contribution >= 0.6 is 0 Å². The van der Waals surface area contributed by atoms with E-state index in [0.717, 1.165) is 25.2 Å². The zero-order valence-electron chi connectivity index (χ0n) is 12.3. The van der Waals surface area contributed by atoms with Crippen LogP contribution in [0.15, 0.2) is 30.6 Å². The Balaban J connectivity index is 1.83. The molecule has 1 fully saturated rings. The molecule has 2 aromatic rings. The molecule has 0 spiro atoms. The van der Waals surface area contributed by atoms with Crippen molar-refractivity contribution in [3.63, 3.8) is 0 Å². The van der Waals surface area contributed by atoms with Crippen LogP contribution < -0.4 is 10.2 Å². The Kier molecular flexibility index (Phi) is 4.21. The third-order valence-electron chi connectivity index (χ3n) is 4.08. The van der Waals surface area contributed by atoms with Crippen LogP contribution in [-0.4, -0.2) is 35.1 Å². The van der Waals surface area contributed by atoms with E-state index in [1.807, 2.05) is 6.20 Å². The summed E-state index contributed by atoms with van der Waals surface area (Å²) in [4.78, 5) is 6.89. The van der Waals surface area contributed by atoms with Crippen LogP contribution in [0.1, 0.15) is 32.6 Å². The van der Waals surface area contributed by atoms with E-state index in [4.69, 9.17) is 0 Å². The molecule has 1 saturated heterocycles. The van der Waals surface area contributed by atoms with Gasteiger partial charge in [-0.2, -0.15) is 0 Å². The van der Waals surface area contributed by atoms with Crippen molar-refractivity contribution in [2.45, 2.75) is 38.6 Å². The second-order valence-corrected chi connectivity index (χ2v) is 5.63. The molecule has 3 heterocycles. The molecule has 1 aliphatic rings. The van der Waals surface area contributed by atoms with Crippen molar-refractivity contribution in [1.29, 1.82) is 0 Å². The summed E-state index contributed by atoms with van der Waals surface area (Å²) >= 11 is 0. The number of rotatable bonds is 5. The van der Waals surface area contributed by atoms with Crippen LogP contribution in [0.5, 0.6) is 0 Å². The molecule has 1 atom stereocenters. The van der Waals surface area contributed by atoms with Gasteiger partial charge in [0.25, 0.3) is 0 Å². The topological polar surface area (TPSA) is 32.6 Å². The molecule has 0 saturated carbocycles. The van der Waals surface area contributed by atoms with Gasteiger partial charge in [-0.25, -0.2) is 4.98 Å². The molecule has 1 N–H and O–H groups in total. The maximum atomic E-state index is 4.39. The molecule has 0 aliphatic carbocycles. The molecular weight excluding hydrogens is 248 g/mol. The van der Waals surface area contributed by atoms with E-state index in [1.54, 1.807) is 0 Å². The van der Waals surface area contributed by atoms with Gasteiger partial charge in [0.05, 0.1) is 0 Å². The smallest absolute Gasteiger partial charge is 0.138 e. The van der Waals surface area contributed by atoms with Gasteiger partial charge >= 0.3 is 0 Å². The predicted octanol–water partition coefficient (Wildman–Crippen LogP) is 2.69. The lowest BCUT2D eigenvalue weighted by molar-refractivity contribution is 0.398. The van der Waals surface area contributed by atoms with Crippen LogP contribution in [0.2, 0.25) is 0 Å². The van der Waals surface area contributed by atoms with Crippen LogP contribution in [0.25, 0.3) is 5.65 Å². The summed E-state index contributed by atoms with van der Waals surface area (Å²) in [6.07, 6.45) is 9.07. The fourth-order valence-corrected chi connectivity index (χ4v) is 3.11.